The molecular weight excluding hydrogens is 302 g/mol. The first kappa shape index (κ1) is 16.4. The van der Waals surface area contributed by atoms with Crippen LogP contribution in [0.15, 0.2) is 36.4 Å². The Labute approximate surface area is 143 Å². The Hall–Kier alpha value is -2.49. The lowest BCUT2D eigenvalue weighted by Crippen LogP contribution is -2.24. The van der Waals surface area contributed by atoms with Gasteiger partial charge in [0.1, 0.15) is 5.75 Å². The molecule has 4 heteroatoms. The van der Waals surface area contributed by atoms with Gasteiger partial charge in [0.2, 0.25) is 0 Å². The number of hydrogen-bond donors (Lipinski definition) is 0. The van der Waals surface area contributed by atoms with Crippen LogP contribution in [0, 0.1) is 0 Å². The van der Waals surface area contributed by atoms with Crippen LogP contribution < -0.4 is 9.64 Å². The molecule has 1 aliphatic heterocycles. The van der Waals surface area contributed by atoms with E-state index in [1.54, 1.807) is 7.11 Å². The van der Waals surface area contributed by atoms with Gasteiger partial charge in [-0.2, -0.15) is 0 Å². The van der Waals surface area contributed by atoms with Crippen molar-refractivity contribution in [2.75, 3.05) is 31.7 Å². The van der Waals surface area contributed by atoms with Crippen molar-refractivity contribution in [3.8, 4) is 16.9 Å². The lowest BCUT2D eigenvalue weighted by molar-refractivity contribution is 0.0526. The molecule has 0 N–H and O–H groups in total. The Morgan fingerprint density at radius 2 is 1.96 bits per heavy atom. The van der Waals surface area contributed by atoms with Crippen molar-refractivity contribution in [3.05, 3.63) is 47.5 Å². The monoisotopic (exact) mass is 325 g/mol. The minimum Gasteiger partial charge on any atom is -0.497 e. The van der Waals surface area contributed by atoms with Crippen molar-refractivity contribution in [1.29, 1.82) is 0 Å². The summed E-state index contributed by atoms with van der Waals surface area (Å²) in [5.41, 5.74) is 5.24. The summed E-state index contributed by atoms with van der Waals surface area (Å²) in [5, 5.41) is 0. The summed E-state index contributed by atoms with van der Waals surface area (Å²) in [4.78, 5) is 14.5. The van der Waals surface area contributed by atoms with Crippen molar-refractivity contribution in [2.24, 2.45) is 0 Å². The number of hydrogen-bond acceptors (Lipinski definition) is 4. The third kappa shape index (κ3) is 2.96. The predicted molar refractivity (Wildman–Crippen MR) is 96.0 cm³/mol. The fraction of sp³-hybridized carbons (Fsp3) is 0.350. The highest BCUT2D eigenvalue weighted by atomic mass is 16.5. The van der Waals surface area contributed by atoms with Gasteiger partial charge in [-0.1, -0.05) is 6.07 Å². The van der Waals surface area contributed by atoms with Gasteiger partial charge in [0, 0.05) is 24.3 Å². The maximum atomic E-state index is 12.1. The van der Waals surface area contributed by atoms with E-state index < -0.39 is 0 Å². The van der Waals surface area contributed by atoms with Crippen molar-refractivity contribution in [2.45, 2.75) is 20.3 Å². The third-order valence-corrected chi connectivity index (χ3v) is 4.48. The van der Waals surface area contributed by atoms with Gasteiger partial charge in [-0.05, 0) is 61.7 Å². The first-order valence-corrected chi connectivity index (χ1v) is 8.41. The Kier molecular flexibility index (Phi) is 4.74. The largest absolute Gasteiger partial charge is 0.497 e. The van der Waals surface area contributed by atoms with Crippen LogP contribution in [0.2, 0.25) is 0 Å². The zero-order chi connectivity index (χ0) is 17.1. The van der Waals surface area contributed by atoms with Gasteiger partial charge in [0.25, 0.3) is 0 Å². The summed E-state index contributed by atoms with van der Waals surface area (Å²) in [5.74, 6) is 0.587. The van der Waals surface area contributed by atoms with Crippen molar-refractivity contribution in [3.63, 3.8) is 0 Å². The van der Waals surface area contributed by atoms with Crippen LogP contribution in [0.1, 0.15) is 29.8 Å². The molecule has 1 heterocycles. The third-order valence-electron chi connectivity index (χ3n) is 4.48. The number of methoxy groups -OCH3 is 1. The molecule has 0 amide bonds. The molecule has 4 nitrogen and oxygen atoms in total. The van der Waals surface area contributed by atoms with Crippen LogP contribution in [0.4, 0.5) is 5.69 Å². The van der Waals surface area contributed by atoms with E-state index in [1.165, 1.54) is 5.56 Å². The molecule has 0 spiro atoms. The number of benzene rings is 2. The highest BCUT2D eigenvalue weighted by Crippen LogP contribution is 2.38. The first-order valence-electron chi connectivity index (χ1n) is 8.41. The number of likely N-dealkylation sites (N-methyl/N-ethyl adjacent to an activating group) is 1. The zero-order valence-electron chi connectivity index (χ0n) is 14.5. The Balaban J connectivity index is 2.14. The summed E-state index contributed by atoms with van der Waals surface area (Å²) < 4.78 is 10.5. The van der Waals surface area contributed by atoms with Crippen LogP contribution in [0.5, 0.6) is 5.75 Å². The fourth-order valence-corrected chi connectivity index (χ4v) is 3.24. The minimum absolute atomic E-state index is 0.275. The zero-order valence-corrected chi connectivity index (χ0v) is 14.5. The maximum absolute atomic E-state index is 12.1. The standard InChI is InChI=1S/C20H23NO3/c1-4-21-11-10-14-12-16(23-3)7-8-17(14)18-13-15(6-9-19(18)21)20(22)24-5-2/h6-9,12-13H,4-5,10-11H2,1-3H3. The summed E-state index contributed by atoms with van der Waals surface area (Å²) >= 11 is 0. The molecular formula is C20H23NO3. The molecule has 0 aliphatic carbocycles. The number of carbonyl (C=O) groups is 1. The van der Waals surface area contributed by atoms with E-state index in [9.17, 15) is 4.79 Å². The fourth-order valence-electron chi connectivity index (χ4n) is 3.24. The molecule has 0 atom stereocenters. The van der Waals surface area contributed by atoms with E-state index in [1.807, 2.05) is 31.2 Å². The predicted octanol–water partition coefficient (Wildman–Crippen LogP) is 3.92. The van der Waals surface area contributed by atoms with E-state index in [2.05, 4.69) is 24.0 Å². The Morgan fingerprint density at radius 1 is 1.12 bits per heavy atom. The molecule has 126 valence electrons. The highest BCUT2D eigenvalue weighted by Gasteiger charge is 2.21. The van der Waals surface area contributed by atoms with Crippen LogP contribution >= 0.6 is 0 Å². The topological polar surface area (TPSA) is 38.8 Å². The van der Waals surface area contributed by atoms with E-state index in [0.717, 1.165) is 42.1 Å². The molecule has 0 fully saturated rings. The lowest BCUT2D eigenvalue weighted by atomic mass is 9.96. The van der Waals surface area contributed by atoms with E-state index in [0.29, 0.717) is 12.2 Å². The maximum Gasteiger partial charge on any atom is 0.338 e. The molecule has 2 aromatic carbocycles. The second kappa shape index (κ2) is 6.95. The van der Waals surface area contributed by atoms with Crippen molar-refractivity contribution < 1.29 is 14.3 Å². The average molecular weight is 325 g/mol. The first-order chi connectivity index (χ1) is 11.7. The van der Waals surface area contributed by atoms with E-state index in [-0.39, 0.29) is 5.97 Å². The summed E-state index contributed by atoms with van der Waals surface area (Å²) in [6.45, 7) is 6.23. The number of ether oxygens (including phenoxy) is 2. The van der Waals surface area contributed by atoms with Crippen LogP contribution in [0.25, 0.3) is 11.1 Å². The number of esters is 1. The minimum atomic E-state index is -0.275. The Morgan fingerprint density at radius 3 is 2.67 bits per heavy atom. The molecule has 3 rings (SSSR count). The Bertz CT molecular complexity index is 755. The smallest absolute Gasteiger partial charge is 0.338 e. The number of anilines is 1. The lowest BCUT2D eigenvalue weighted by Gasteiger charge is -2.23. The van der Waals surface area contributed by atoms with Crippen LogP contribution in [0.3, 0.4) is 0 Å². The van der Waals surface area contributed by atoms with E-state index in [4.69, 9.17) is 9.47 Å². The molecule has 2 aromatic rings. The molecule has 1 aliphatic rings. The molecule has 0 bridgehead atoms. The summed E-state index contributed by atoms with van der Waals surface area (Å²) in [7, 11) is 1.68. The quantitative estimate of drug-likeness (QED) is 0.799. The molecule has 0 saturated carbocycles. The molecule has 0 aromatic heterocycles. The second-order valence-corrected chi connectivity index (χ2v) is 5.81. The summed E-state index contributed by atoms with van der Waals surface area (Å²) in [6, 6.07) is 12.0. The number of rotatable bonds is 4. The van der Waals surface area contributed by atoms with Gasteiger partial charge in [-0.3, -0.25) is 0 Å². The van der Waals surface area contributed by atoms with Gasteiger partial charge in [0.05, 0.1) is 19.3 Å². The SMILES string of the molecule is CCOC(=O)c1ccc2c(c1)-c1ccc(OC)cc1CCN2CC. The van der Waals surface area contributed by atoms with Crippen molar-refractivity contribution in [1.82, 2.24) is 0 Å². The van der Waals surface area contributed by atoms with Gasteiger partial charge in [0.15, 0.2) is 0 Å². The van der Waals surface area contributed by atoms with Gasteiger partial charge < -0.3 is 14.4 Å². The average Bonchev–Trinajstić information content (AvgIpc) is 2.77. The van der Waals surface area contributed by atoms with Crippen molar-refractivity contribution >= 4 is 11.7 Å². The number of carbonyl (C=O) groups excluding carboxylic acids is 1. The van der Waals surface area contributed by atoms with Gasteiger partial charge >= 0.3 is 5.97 Å². The normalized spacial score (nSPS) is 12.9. The molecule has 24 heavy (non-hydrogen) atoms. The van der Waals surface area contributed by atoms with Crippen LogP contribution in [-0.2, 0) is 11.2 Å². The van der Waals surface area contributed by atoms with Gasteiger partial charge in [-0.15, -0.1) is 0 Å². The number of nitrogens with zero attached hydrogens (tertiary/aromatic N) is 1. The van der Waals surface area contributed by atoms with Crippen LogP contribution in [-0.4, -0.2) is 32.8 Å². The second-order valence-electron chi connectivity index (χ2n) is 5.81. The molecule has 0 unspecified atom stereocenters. The molecule has 0 radical (unpaired) electrons. The highest BCUT2D eigenvalue weighted by molar-refractivity contribution is 5.94. The summed E-state index contributed by atoms with van der Waals surface area (Å²) in [6.07, 6.45) is 0.948. The van der Waals surface area contributed by atoms with E-state index >= 15 is 0 Å². The molecule has 0 saturated heterocycles. The number of fused-ring (bicyclic) bond motifs is 3. The van der Waals surface area contributed by atoms with Gasteiger partial charge in [-0.25, -0.2) is 4.79 Å².